The van der Waals surface area contributed by atoms with Gasteiger partial charge in [0, 0.05) is 11.1 Å². The maximum Gasteiger partial charge on any atom is 0.418 e. The van der Waals surface area contributed by atoms with Crippen LogP contribution < -0.4 is 16.6 Å². The van der Waals surface area contributed by atoms with Crippen molar-refractivity contribution in [2.45, 2.75) is 26.1 Å². The first-order valence-electron chi connectivity index (χ1n) is 5.42. The van der Waals surface area contributed by atoms with E-state index in [2.05, 4.69) is 15.7 Å². The largest absolute Gasteiger partial charge is 0.418 e. The van der Waals surface area contributed by atoms with Gasteiger partial charge in [-0.25, -0.2) is 10.8 Å². The molecular formula is C11H14ClF3N4. The molecule has 0 atom stereocenters. The van der Waals surface area contributed by atoms with Gasteiger partial charge in [-0.3, -0.25) is 5.43 Å². The molecule has 4 N–H and O–H groups in total. The Hall–Kier alpha value is -1.47. The molecule has 1 aromatic rings. The van der Waals surface area contributed by atoms with E-state index in [1.165, 1.54) is 12.1 Å². The van der Waals surface area contributed by atoms with E-state index in [-0.39, 0.29) is 22.7 Å². The standard InChI is InChI=1S/C11H14ClF3N4/c1-6(2)17-10(19-16)18-9-4-3-7(12)5-8(9)11(13,14)15/h3-6H,16H2,1-2H3,(H2,17,18,19). The van der Waals surface area contributed by atoms with Gasteiger partial charge in [0.05, 0.1) is 11.3 Å². The van der Waals surface area contributed by atoms with E-state index < -0.39 is 11.7 Å². The van der Waals surface area contributed by atoms with E-state index in [0.29, 0.717) is 0 Å². The molecule has 0 radical (unpaired) electrons. The van der Waals surface area contributed by atoms with Crippen LogP contribution in [-0.4, -0.2) is 12.0 Å². The first-order chi connectivity index (χ1) is 8.74. The highest BCUT2D eigenvalue weighted by atomic mass is 35.5. The number of guanidine groups is 1. The Morgan fingerprint density at radius 1 is 1.37 bits per heavy atom. The molecule has 0 aromatic heterocycles. The second kappa shape index (κ2) is 6.12. The Labute approximate surface area is 113 Å². The number of rotatable bonds is 2. The number of hydrogen-bond donors (Lipinski definition) is 3. The third-order valence-corrected chi connectivity index (χ3v) is 2.30. The van der Waals surface area contributed by atoms with Gasteiger partial charge in [0.15, 0.2) is 0 Å². The fraction of sp³-hybridized carbons (Fsp3) is 0.364. The smallest absolute Gasteiger partial charge is 0.325 e. The first kappa shape index (κ1) is 15.6. The van der Waals surface area contributed by atoms with Crippen LogP contribution in [0.25, 0.3) is 0 Å². The van der Waals surface area contributed by atoms with E-state index in [9.17, 15) is 13.2 Å². The topological polar surface area (TPSA) is 62.4 Å². The van der Waals surface area contributed by atoms with Crippen LogP contribution >= 0.6 is 11.6 Å². The Bertz CT molecular complexity index is 471. The minimum Gasteiger partial charge on any atom is -0.325 e. The van der Waals surface area contributed by atoms with Gasteiger partial charge in [0.25, 0.3) is 0 Å². The van der Waals surface area contributed by atoms with Gasteiger partial charge in [0.1, 0.15) is 0 Å². The lowest BCUT2D eigenvalue weighted by molar-refractivity contribution is -0.136. The molecular weight excluding hydrogens is 281 g/mol. The SMILES string of the molecule is CC(C)N=C(NN)Nc1ccc(Cl)cc1C(F)(F)F. The van der Waals surface area contributed by atoms with Gasteiger partial charge in [-0.1, -0.05) is 11.6 Å². The highest BCUT2D eigenvalue weighted by Gasteiger charge is 2.34. The van der Waals surface area contributed by atoms with Gasteiger partial charge in [-0.15, -0.1) is 0 Å². The number of hydrogen-bond acceptors (Lipinski definition) is 2. The Balaban J connectivity index is 3.14. The third kappa shape index (κ3) is 4.60. The van der Waals surface area contributed by atoms with Crippen LogP contribution in [0.15, 0.2) is 23.2 Å². The van der Waals surface area contributed by atoms with Crippen molar-refractivity contribution in [2.75, 3.05) is 5.32 Å². The number of alkyl halides is 3. The number of nitrogens with zero attached hydrogens (tertiary/aromatic N) is 1. The molecule has 4 nitrogen and oxygen atoms in total. The average molecular weight is 295 g/mol. The molecule has 0 heterocycles. The third-order valence-electron chi connectivity index (χ3n) is 2.06. The summed E-state index contributed by atoms with van der Waals surface area (Å²) in [5.74, 6) is 5.25. The summed E-state index contributed by atoms with van der Waals surface area (Å²) < 4.78 is 38.6. The zero-order chi connectivity index (χ0) is 14.6. The Kier molecular flexibility index (Phi) is 5.02. The lowest BCUT2D eigenvalue weighted by atomic mass is 10.1. The Morgan fingerprint density at radius 2 is 2.00 bits per heavy atom. The zero-order valence-corrected chi connectivity index (χ0v) is 11.1. The van der Waals surface area contributed by atoms with Crippen LogP contribution in [0.2, 0.25) is 5.02 Å². The van der Waals surface area contributed by atoms with E-state index in [0.717, 1.165) is 6.07 Å². The quantitative estimate of drug-likeness (QED) is 0.340. The molecule has 19 heavy (non-hydrogen) atoms. The average Bonchev–Trinajstić information content (AvgIpc) is 2.28. The molecule has 106 valence electrons. The lowest BCUT2D eigenvalue weighted by Crippen LogP contribution is -2.37. The summed E-state index contributed by atoms with van der Waals surface area (Å²) in [7, 11) is 0. The van der Waals surface area contributed by atoms with E-state index >= 15 is 0 Å². The van der Waals surface area contributed by atoms with Crippen molar-refractivity contribution >= 4 is 23.2 Å². The van der Waals surface area contributed by atoms with Gasteiger partial charge >= 0.3 is 6.18 Å². The fourth-order valence-electron chi connectivity index (χ4n) is 1.35. The summed E-state index contributed by atoms with van der Waals surface area (Å²) in [6, 6.07) is 3.29. The van der Waals surface area contributed by atoms with Gasteiger partial charge in [-0.2, -0.15) is 13.2 Å². The summed E-state index contributed by atoms with van der Waals surface area (Å²) in [5.41, 5.74) is 1.16. The summed E-state index contributed by atoms with van der Waals surface area (Å²) in [4.78, 5) is 4.01. The molecule has 0 aliphatic rings. The number of nitrogens with one attached hydrogen (secondary N) is 2. The minimum atomic E-state index is -4.52. The molecule has 0 saturated heterocycles. The molecule has 0 spiro atoms. The zero-order valence-electron chi connectivity index (χ0n) is 10.3. The van der Waals surface area contributed by atoms with Crippen molar-refractivity contribution in [1.82, 2.24) is 5.43 Å². The van der Waals surface area contributed by atoms with Crippen LogP contribution in [0, 0.1) is 0 Å². The molecule has 8 heteroatoms. The number of halogens is 4. The van der Waals surface area contributed by atoms with Crippen LogP contribution in [0.5, 0.6) is 0 Å². The predicted molar refractivity (Wildman–Crippen MR) is 70.0 cm³/mol. The highest BCUT2D eigenvalue weighted by molar-refractivity contribution is 6.30. The molecule has 0 saturated carbocycles. The monoisotopic (exact) mass is 294 g/mol. The first-order valence-corrected chi connectivity index (χ1v) is 5.80. The number of aliphatic imine (C=N–C) groups is 1. The summed E-state index contributed by atoms with van der Waals surface area (Å²) in [6.07, 6.45) is -4.52. The van der Waals surface area contributed by atoms with E-state index in [1.54, 1.807) is 13.8 Å². The van der Waals surface area contributed by atoms with Crippen molar-refractivity contribution in [3.8, 4) is 0 Å². The summed E-state index contributed by atoms with van der Waals surface area (Å²) >= 11 is 5.58. The van der Waals surface area contributed by atoms with Crippen LogP contribution in [0.3, 0.4) is 0 Å². The van der Waals surface area contributed by atoms with Crippen molar-refractivity contribution in [1.29, 1.82) is 0 Å². The highest BCUT2D eigenvalue weighted by Crippen LogP contribution is 2.36. The fourth-order valence-corrected chi connectivity index (χ4v) is 1.52. The molecule has 0 unspecified atom stereocenters. The van der Waals surface area contributed by atoms with Crippen molar-refractivity contribution < 1.29 is 13.2 Å². The van der Waals surface area contributed by atoms with E-state index in [4.69, 9.17) is 17.4 Å². The number of hydrazine groups is 1. The maximum atomic E-state index is 12.9. The molecule has 0 bridgehead atoms. The predicted octanol–water partition coefficient (Wildman–Crippen LogP) is 3.00. The van der Waals surface area contributed by atoms with Crippen LogP contribution in [0.1, 0.15) is 19.4 Å². The number of anilines is 1. The van der Waals surface area contributed by atoms with Crippen molar-refractivity contribution in [2.24, 2.45) is 10.8 Å². The molecule has 1 rings (SSSR count). The normalized spacial score (nSPS) is 12.7. The second-order valence-electron chi connectivity index (χ2n) is 4.03. The molecule has 0 aliphatic heterocycles. The van der Waals surface area contributed by atoms with Crippen molar-refractivity contribution in [3.63, 3.8) is 0 Å². The molecule has 0 amide bonds. The van der Waals surface area contributed by atoms with E-state index in [1.807, 2.05) is 0 Å². The van der Waals surface area contributed by atoms with Gasteiger partial charge in [-0.05, 0) is 32.0 Å². The minimum absolute atomic E-state index is 0.000862. The Morgan fingerprint density at radius 3 is 2.47 bits per heavy atom. The maximum absolute atomic E-state index is 12.9. The number of benzene rings is 1. The van der Waals surface area contributed by atoms with Gasteiger partial charge in [0.2, 0.25) is 5.96 Å². The molecule has 0 fully saturated rings. The number of nitrogens with two attached hydrogens (primary N) is 1. The van der Waals surface area contributed by atoms with Crippen LogP contribution in [-0.2, 0) is 6.18 Å². The van der Waals surface area contributed by atoms with Crippen LogP contribution in [0.4, 0.5) is 18.9 Å². The molecule has 0 aliphatic carbocycles. The summed E-state index contributed by atoms with van der Waals surface area (Å²) in [6.45, 7) is 3.54. The van der Waals surface area contributed by atoms with Crippen molar-refractivity contribution in [3.05, 3.63) is 28.8 Å². The molecule has 1 aromatic carbocycles. The second-order valence-corrected chi connectivity index (χ2v) is 4.46. The van der Waals surface area contributed by atoms with Gasteiger partial charge < -0.3 is 5.32 Å². The summed E-state index contributed by atoms with van der Waals surface area (Å²) in [5, 5.41) is 2.50. The lowest BCUT2D eigenvalue weighted by Gasteiger charge is -2.16.